The van der Waals surface area contributed by atoms with Crippen LogP contribution in [0.2, 0.25) is 10.0 Å². The Morgan fingerprint density at radius 2 is 2.17 bits per heavy atom. The van der Waals surface area contributed by atoms with Gasteiger partial charge in [0.2, 0.25) is 0 Å². The van der Waals surface area contributed by atoms with Crippen molar-refractivity contribution in [2.75, 3.05) is 0 Å². The molecule has 0 bridgehead atoms. The molecule has 0 aliphatic carbocycles. The molecule has 0 spiro atoms. The van der Waals surface area contributed by atoms with Gasteiger partial charge in [-0.2, -0.15) is 5.10 Å². The lowest BCUT2D eigenvalue weighted by Gasteiger charge is -2.05. The molecule has 2 rings (SSSR count). The molecule has 1 N–H and O–H groups in total. The smallest absolute Gasteiger partial charge is 0.339 e. The number of halogens is 2. The third kappa shape index (κ3) is 2.66. The van der Waals surface area contributed by atoms with E-state index in [0.717, 1.165) is 5.56 Å². The average molecular weight is 285 g/mol. The lowest BCUT2D eigenvalue weighted by atomic mass is 10.2. The van der Waals surface area contributed by atoms with E-state index in [9.17, 15) is 4.79 Å². The van der Waals surface area contributed by atoms with Crippen LogP contribution in [0.25, 0.3) is 0 Å². The van der Waals surface area contributed by atoms with Gasteiger partial charge in [-0.3, -0.25) is 4.68 Å². The van der Waals surface area contributed by atoms with E-state index in [1.807, 2.05) is 0 Å². The molecule has 1 aromatic heterocycles. The van der Waals surface area contributed by atoms with Crippen LogP contribution in [-0.4, -0.2) is 20.9 Å². The van der Waals surface area contributed by atoms with E-state index in [0.29, 0.717) is 22.3 Å². The highest BCUT2D eigenvalue weighted by Gasteiger charge is 2.12. The minimum Gasteiger partial charge on any atom is -0.478 e. The Kier molecular flexibility index (Phi) is 3.59. The van der Waals surface area contributed by atoms with Crippen molar-refractivity contribution in [2.24, 2.45) is 0 Å². The fourth-order valence-corrected chi connectivity index (χ4v) is 2.02. The third-order valence-corrected chi connectivity index (χ3v) is 3.12. The normalized spacial score (nSPS) is 10.6. The summed E-state index contributed by atoms with van der Waals surface area (Å²) >= 11 is 11.9. The first-order chi connectivity index (χ1) is 8.47. The van der Waals surface area contributed by atoms with E-state index in [1.54, 1.807) is 25.1 Å². The molecule has 0 saturated heterocycles. The lowest BCUT2D eigenvalue weighted by molar-refractivity contribution is 0.0696. The van der Waals surface area contributed by atoms with Crippen LogP contribution in [0.1, 0.15) is 21.6 Å². The van der Waals surface area contributed by atoms with Gasteiger partial charge in [0.15, 0.2) is 0 Å². The number of carboxylic acids is 1. The van der Waals surface area contributed by atoms with Gasteiger partial charge in [0.1, 0.15) is 5.56 Å². The molecule has 1 aromatic carbocycles. The summed E-state index contributed by atoms with van der Waals surface area (Å²) in [6.45, 7) is 2.03. The number of aromatic nitrogens is 2. The van der Waals surface area contributed by atoms with Crippen LogP contribution >= 0.6 is 23.2 Å². The quantitative estimate of drug-likeness (QED) is 0.941. The highest BCUT2D eigenvalue weighted by atomic mass is 35.5. The fraction of sp³-hybridized carbons (Fsp3) is 0.167. The van der Waals surface area contributed by atoms with E-state index in [4.69, 9.17) is 28.3 Å². The highest BCUT2D eigenvalue weighted by Crippen LogP contribution is 2.21. The summed E-state index contributed by atoms with van der Waals surface area (Å²) in [5, 5.41) is 14.2. The number of rotatable bonds is 3. The van der Waals surface area contributed by atoms with E-state index >= 15 is 0 Å². The molecular weight excluding hydrogens is 275 g/mol. The number of carbonyl (C=O) groups is 1. The molecule has 0 radical (unpaired) electrons. The summed E-state index contributed by atoms with van der Waals surface area (Å²) in [5.41, 5.74) is 1.46. The van der Waals surface area contributed by atoms with Crippen LogP contribution < -0.4 is 0 Å². The Bertz CT molecular complexity index is 608. The van der Waals surface area contributed by atoms with Crippen LogP contribution in [0.3, 0.4) is 0 Å². The minimum absolute atomic E-state index is 0.188. The molecule has 2 aromatic rings. The third-order valence-electron chi connectivity index (χ3n) is 2.52. The van der Waals surface area contributed by atoms with Crippen molar-refractivity contribution >= 4 is 29.2 Å². The second-order valence-electron chi connectivity index (χ2n) is 3.87. The van der Waals surface area contributed by atoms with Crippen molar-refractivity contribution in [3.05, 3.63) is 51.3 Å². The van der Waals surface area contributed by atoms with E-state index in [2.05, 4.69) is 5.10 Å². The minimum atomic E-state index is -0.990. The SMILES string of the molecule is Cc1nn(Cc2cc(Cl)ccc2Cl)cc1C(=O)O. The summed E-state index contributed by atoms with van der Waals surface area (Å²) in [7, 11) is 0. The van der Waals surface area contributed by atoms with Gasteiger partial charge in [-0.15, -0.1) is 0 Å². The largest absolute Gasteiger partial charge is 0.478 e. The van der Waals surface area contributed by atoms with Gasteiger partial charge in [-0.05, 0) is 30.7 Å². The Morgan fingerprint density at radius 3 is 2.78 bits per heavy atom. The number of benzene rings is 1. The Balaban J connectivity index is 2.31. The molecule has 6 heteroatoms. The summed E-state index contributed by atoms with van der Waals surface area (Å²) in [6.07, 6.45) is 1.48. The Hall–Kier alpha value is -1.52. The van der Waals surface area contributed by atoms with Gasteiger partial charge in [0.05, 0.1) is 12.2 Å². The molecule has 1 heterocycles. The van der Waals surface area contributed by atoms with Crippen LogP contribution in [-0.2, 0) is 6.54 Å². The number of hydrogen-bond donors (Lipinski definition) is 1. The van der Waals surface area contributed by atoms with Crippen molar-refractivity contribution in [3.63, 3.8) is 0 Å². The second kappa shape index (κ2) is 5.00. The molecule has 94 valence electrons. The molecule has 4 nitrogen and oxygen atoms in total. The Labute approximate surface area is 114 Å². The molecule has 0 aliphatic rings. The molecular formula is C12H10Cl2N2O2. The predicted molar refractivity (Wildman–Crippen MR) is 69.5 cm³/mol. The van der Waals surface area contributed by atoms with Gasteiger partial charge in [0, 0.05) is 16.2 Å². The highest BCUT2D eigenvalue weighted by molar-refractivity contribution is 6.33. The summed E-state index contributed by atoms with van der Waals surface area (Å²) < 4.78 is 1.54. The standard InChI is InChI=1S/C12H10Cl2N2O2/c1-7-10(12(17)18)6-16(15-7)5-8-4-9(13)2-3-11(8)14/h2-4,6H,5H2,1H3,(H,17,18). The van der Waals surface area contributed by atoms with Crippen molar-refractivity contribution < 1.29 is 9.90 Å². The van der Waals surface area contributed by atoms with Crippen LogP contribution in [0.5, 0.6) is 0 Å². The number of hydrogen-bond acceptors (Lipinski definition) is 2. The predicted octanol–water partition coefficient (Wildman–Crippen LogP) is 3.24. The second-order valence-corrected chi connectivity index (χ2v) is 4.71. The number of carboxylic acid groups (broad SMARTS) is 1. The zero-order valence-electron chi connectivity index (χ0n) is 9.52. The first-order valence-electron chi connectivity index (χ1n) is 5.18. The monoisotopic (exact) mass is 284 g/mol. The van der Waals surface area contributed by atoms with Crippen LogP contribution in [0.15, 0.2) is 24.4 Å². The van der Waals surface area contributed by atoms with Crippen LogP contribution in [0, 0.1) is 6.92 Å². The Morgan fingerprint density at radius 1 is 1.44 bits per heavy atom. The van der Waals surface area contributed by atoms with E-state index in [-0.39, 0.29) is 5.56 Å². The maximum absolute atomic E-state index is 10.9. The number of nitrogens with zero attached hydrogens (tertiary/aromatic N) is 2. The zero-order valence-corrected chi connectivity index (χ0v) is 11.0. The van der Waals surface area contributed by atoms with Crippen molar-refractivity contribution in [1.82, 2.24) is 9.78 Å². The summed E-state index contributed by atoms with van der Waals surface area (Å²) in [6, 6.07) is 5.14. The lowest BCUT2D eigenvalue weighted by Crippen LogP contribution is -2.01. The summed E-state index contributed by atoms with van der Waals surface area (Å²) in [5.74, 6) is -0.990. The molecule has 0 fully saturated rings. The first-order valence-corrected chi connectivity index (χ1v) is 5.94. The number of aryl methyl sites for hydroxylation is 1. The van der Waals surface area contributed by atoms with Gasteiger partial charge < -0.3 is 5.11 Å². The fourth-order valence-electron chi connectivity index (χ4n) is 1.65. The van der Waals surface area contributed by atoms with Gasteiger partial charge >= 0.3 is 5.97 Å². The van der Waals surface area contributed by atoms with Crippen LogP contribution in [0.4, 0.5) is 0 Å². The van der Waals surface area contributed by atoms with Gasteiger partial charge in [0.25, 0.3) is 0 Å². The molecule has 0 saturated carbocycles. The molecule has 0 amide bonds. The molecule has 0 unspecified atom stereocenters. The maximum Gasteiger partial charge on any atom is 0.339 e. The topological polar surface area (TPSA) is 55.1 Å². The van der Waals surface area contributed by atoms with Crippen molar-refractivity contribution in [3.8, 4) is 0 Å². The van der Waals surface area contributed by atoms with Crippen molar-refractivity contribution in [1.29, 1.82) is 0 Å². The van der Waals surface area contributed by atoms with E-state index < -0.39 is 5.97 Å². The zero-order chi connectivity index (χ0) is 13.3. The van der Waals surface area contributed by atoms with E-state index in [1.165, 1.54) is 10.9 Å². The molecule has 18 heavy (non-hydrogen) atoms. The van der Waals surface area contributed by atoms with Gasteiger partial charge in [-0.25, -0.2) is 4.79 Å². The first kappa shape index (κ1) is 12.9. The molecule has 0 atom stereocenters. The maximum atomic E-state index is 10.9. The molecule has 0 aliphatic heterocycles. The number of aromatic carboxylic acids is 1. The summed E-state index contributed by atoms with van der Waals surface area (Å²) in [4.78, 5) is 10.9. The average Bonchev–Trinajstić information content (AvgIpc) is 2.65. The van der Waals surface area contributed by atoms with Crippen molar-refractivity contribution in [2.45, 2.75) is 13.5 Å². The van der Waals surface area contributed by atoms with Gasteiger partial charge in [-0.1, -0.05) is 23.2 Å².